The van der Waals surface area contributed by atoms with Gasteiger partial charge in [0.25, 0.3) is 0 Å². The highest BCUT2D eigenvalue weighted by atomic mass is 19.1. The molecule has 3 heteroatoms. The Morgan fingerprint density at radius 2 is 2.00 bits per heavy atom. The standard InChI is InChI=1S/C14H13FO2/c15-12-8-6-11(7-9-12)14(16)10-17-13-4-2-1-3-5-13/h2,4-9H,1,3,10H2. The lowest BCUT2D eigenvalue weighted by molar-refractivity contribution is 0.0869. The van der Waals surface area contributed by atoms with Crippen LogP contribution >= 0.6 is 0 Å². The van der Waals surface area contributed by atoms with Crippen LogP contribution in [0.4, 0.5) is 4.39 Å². The molecule has 17 heavy (non-hydrogen) atoms. The van der Waals surface area contributed by atoms with Crippen LogP contribution in [0, 0.1) is 5.82 Å². The van der Waals surface area contributed by atoms with Gasteiger partial charge in [-0.05, 0) is 49.3 Å². The van der Waals surface area contributed by atoms with E-state index in [1.807, 2.05) is 18.2 Å². The molecule has 2 nitrogen and oxygen atoms in total. The number of halogens is 1. The van der Waals surface area contributed by atoms with Crippen molar-refractivity contribution in [2.75, 3.05) is 6.61 Å². The maximum absolute atomic E-state index is 12.7. The molecule has 0 aromatic heterocycles. The molecule has 0 heterocycles. The van der Waals surface area contributed by atoms with Gasteiger partial charge in [0.05, 0.1) is 0 Å². The van der Waals surface area contributed by atoms with Gasteiger partial charge < -0.3 is 4.74 Å². The van der Waals surface area contributed by atoms with Crippen molar-refractivity contribution in [2.24, 2.45) is 0 Å². The SMILES string of the molecule is O=C(COC1=CCCC=C1)c1ccc(F)cc1. The number of ketones is 1. The summed E-state index contributed by atoms with van der Waals surface area (Å²) >= 11 is 0. The van der Waals surface area contributed by atoms with E-state index in [1.54, 1.807) is 0 Å². The molecule has 0 amide bonds. The maximum Gasteiger partial charge on any atom is 0.200 e. The summed E-state index contributed by atoms with van der Waals surface area (Å²) in [5, 5.41) is 0. The molecule has 0 aliphatic heterocycles. The van der Waals surface area contributed by atoms with Gasteiger partial charge in [0.1, 0.15) is 11.6 Å². The third kappa shape index (κ3) is 3.28. The zero-order valence-corrected chi connectivity index (χ0v) is 9.36. The molecule has 0 fully saturated rings. The highest BCUT2D eigenvalue weighted by Crippen LogP contribution is 2.11. The molecule has 0 saturated carbocycles. The second-order valence-electron chi connectivity index (χ2n) is 3.80. The molecule has 1 aliphatic rings. The minimum absolute atomic E-state index is 0.0121. The van der Waals surface area contributed by atoms with E-state index in [-0.39, 0.29) is 18.2 Å². The predicted molar refractivity (Wildman–Crippen MR) is 63.1 cm³/mol. The quantitative estimate of drug-likeness (QED) is 0.745. The van der Waals surface area contributed by atoms with Crippen molar-refractivity contribution in [3.8, 4) is 0 Å². The van der Waals surface area contributed by atoms with E-state index in [1.165, 1.54) is 24.3 Å². The molecule has 1 aromatic rings. The van der Waals surface area contributed by atoms with Crippen LogP contribution in [0.2, 0.25) is 0 Å². The van der Waals surface area contributed by atoms with E-state index < -0.39 is 0 Å². The van der Waals surface area contributed by atoms with Gasteiger partial charge in [-0.3, -0.25) is 4.79 Å². The molecule has 0 unspecified atom stereocenters. The Labute approximate surface area is 99.4 Å². The van der Waals surface area contributed by atoms with Gasteiger partial charge in [-0.15, -0.1) is 0 Å². The highest BCUT2D eigenvalue weighted by Gasteiger charge is 2.07. The monoisotopic (exact) mass is 232 g/mol. The average molecular weight is 232 g/mol. The topological polar surface area (TPSA) is 26.3 Å². The van der Waals surface area contributed by atoms with Gasteiger partial charge in [-0.2, -0.15) is 0 Å². The number of allylic oxidation sites excluding steroid dienone is 3. The molecule has 2 rings (SSSR count). The summed E-state index contributed by atoms with van der Waals surface area (Å²) in [7, 11) is 0. The van der Waals surface area contributed by atoms with Crippen LogP contribution in [0.3, 0.4) is 0 Å². The molecular weight excluding hydrogens is 219 g/mol. The summed E-state index contributed by atoms with van der Waals surface area (Å²) < 4.78 is 18.0. The van der Waals surface area contributed by atoms with Crippen molar-refractivity contribution in [1.82, 2.24) is 0 Å². The number of carbonyl (C=O) groups is 1. The minimum Gasteiger partial charge on any atom is -0.486 e. The largest absolute Gasteiger partial charge is 0.486 e. The van der Waals surface area contributed by atoms with E-state index in [9.17, 15) is 9.18 Å². The molecule has 1 aliphatic carbocycles. The Morgan fingerprint density at radius 3 is 2.65 bits per heavy atom. The first kappa shape index (κ1) is 11.6. The molecule has 0 spiro atoms. The van der Waals surface area contributed by atoms with Crippen LogP contribution in [0.5, 0.6) is 0 Å². The zero-order chi connectivity index (χ0) is 12.1. The molecule has 88 valence electrons. The van der Waals surface area contributed by atoms with Crippen LogP contribution in [0.25, 0.3) is 0 Å². The van der Waals surface area contributed by atoms with Crippen LogP contribution in [0.1, 0.15) is 23.2 Å². The molecule has 1 aromatic carbocycles. The molecule has 0 saturated heterocycles. The third-order valence-corrected chi connectivity index (χ3v) is 2.50. The second-order valence-corrected chi connectivity index (χ2v) is 3.80. The van der Waals surface area contributed by atoms with Crippen molar-refractivity contribution in [3.05, 3.63) is 59.6 Å². The fourth-order valence-electron chi connectivity index (χ4n) is 1.56. The summed E-state index contributed by atoms with van der Waals surface area (Å²) in [5.74, 6) is 0.233. The third-order valence-electron chi connectivity index (χ3n) is 2.50. The first-order valence-electron chi connectivity index (χ1n) is 5.54. The number of hydrogen-bond donors (Lipinski definition) is 0. The van der Waals surface area contributed by atoms with Crippen LogP contribution in [0.15, 0.2) is 48.3 Å². The Morgan fingerprint density at radius 1 is 1.24 bits per heavy atom. The maximum atomic E-state index is 12.7. The van der Waals surface area contributed by atoms with E-state index in [2.05, 4.69) is 0 Å². The average Bonchev–Trinajstić information content (AvgIpc) is 2.38. The lowest BCUT2D eigenvalue weighted by Crippen LogP contribution is -2.09. The van der Waals surface area contributed by atoms with E-state index >= 15 is 0 Å². The van der Waals surface area contributed by atoms with Gasteiger partial charge >= 0.3 is 0 Å². The summed E-state index contributed by atoms with van der Waals surface area (Å²) in [4.78, 5) is 11.7. The van der Waals surface area contributed by atoms with Crippen molar-refractivity contribution >= 4 is 5.78 Å². The molecule has 0 atom stereocenters. The molecule has 0 radical (unpaired) electrons. The van der Waals surface area contributed by atoms with Crippen LogP contribution < -0.4 is 0 Å². The number of ether oxygens (including phenoxy) is 1. The van der Waals surface area contributed by atoms with E-state index in [0.717, 1.165) is 18.6 Å². The van der Waals surface area contributed by atoms with Crippen molar-refractivity contribution in [3.63, 3.8) is 0 Å². The summed E-state index contributed by atoms with van der Waals surface area (Å²) in [5.41, 5.74) is 0.465. The van der Waals surface area contributed by atoms with Crippen molar-refractivity contribution in [2.45, 2.75) is 12.8 Å². The van der Waals surface area contributed by atoms with Gasteiger partial charge in [0.15, 0.2) is 12.4 Å². The molecule has 0 bridgehead atoms. The summed E-state index contributed by atoms with van der Waals surface area (Å²) in [6, 6.07) is 5.47. The van der Waals surface area contributed by atoms with Crippen molar-refractivity contribution in [1.29, 1.82) is 0 Å². The fraction of sp³-hybridized carbons (Fsp3) is 0.214. The van der Waals surface area contributed by atoms with Crippen molar-refractivity contribution < 1.29 is 13.9 Å². The number of rotatable bonds is 4. The van der Waals surface area contributed by atoms with Gasteiger partial charge in [0.2, 0.25) is 0 Å². The normalized spacial score (nSPS) is 14.3. The zero-order valence-electron chi connectivity index (χ0n) is 9.36. The Hall–Kier alpha value is -1.90. The van der Waals surface area contributed by atoms with E-state index in [0.29, 0.717) is 5.56 Å². The second kappa shape index (κ2) is 5.43. The lowest BCUT2D eigenvalue weighted by atomic mass is 10.1. The highest BCUT2D eigenvalue weighted by molar-refractivity contribution is 5.97. The summed E-state index contributed by atoms with van der Waals surface area (Å²) in [6.07, 6.45) is 7.78. The number of hydrogen-bond acceptors (Lipinski definition) is 2. The van der Waals surface area contributed by atoms with Gasteiger partial charge in [-0.25, -0.2) is 4.39 Å². The molecular formula is C14H13FO2. The Kier molecular flexibility index (Phi) is 3.70. The Balaban J connectivity index is 1.91. The van der Waals surface area contributed by atoms with E-state index in [4.69, 9.17) is 4.74 Å². The minimum atomic E-state index is -0.347. The van der Waals surface area contributed by atoms with Crippen LogP contribution in [-0.2, 0) is 4.74 Å². The Bertz CT molecular complexity index is 458. The number of benzene rings is 1. The lowest BCUT2D eigenvalue weighted by Gasteiger charge is -2.09. The number of carbonyl (C=O) groups excluding carboxylic acids is 1. The fourth-order valence-corrected chi connectivity index (χ4v) is 1.56. The predicted octanol–water partition coefficient (Wildman–Crippen LogP) is 3.26. The molecule has 0 N–H and O–H groups in total. The first-order chi connectivity index (χ1) is 8.25. The number of Topliss-reactive ketones (excluding diaryl/α,β-unsaturated/α-hetero) is 1. The van der Waals surface area contributed by atoms with Gasteiger partial charge in [-0.1, -0.05) is 6.08 Å². The van der Waals surface area contributed by atoms with Crippen LogP contribution in [-0.4, -0.2) is 12.4 Å². The smallest absolute Gasteiger partial charge is 0.200 e. The first-order valence-corrected chi connectivity index (χ1v) is 5.54. The summed E-state index contributed by atoms with van der Waals surface area (Å²) in [6.45, 7) is -0.0121. The van der Waals surface area contributed by atoms with Gasteiger partial charge in [0, 0.05) is 5.56 Å².